The number of aromatic nitrogens is 1. The first-order valence-electron chi connectivity index (χ1n) is 6.44. The molecule has 0 aliphatic rings. The normalized spacial score (nSPS) is 11.0. The van der Waals surface area contributed by atoms with Gasteiger partial charge >= 0.3 is 0 Å². The second kappa shape index (κ2) is 6.45. The number of nitrogens with one attached hydrogen (secondary N) is 2. The van der Waals surface area contributed by atoms with Gasteiger partial charge in [0.25, 0.3) is 10.0 Å². The number of nitrogens with zero attached hydrogens (tertiary/aromatic N) is 1. The van der Waals surface area contributed by atoms with E-state index < -0.39 is 10.0 Å². The Bertz CT molecular complexity index is 700. The second-order valence-electron chi connectivity index (χ2n) is 4.20. The van der Waals surface area contributed by atoms with Gasteiger partial charge in [-0.3, -0.25) is 4.72 Å². The summed E-state index contributed by atoms with van der Waals surface area (Å²) in [6, 6.07) is 9.89. The van der Waals surface area contributed by atoms with E-state index in [2.05, 4.69) is 15.0 Å². The summed E-state index contributed by atoms with van der Waals surface area (Å²) < 4.78 is 32.4. The molecule has 0 atom stereocenters. The van der Waals surface area contributed by atoms with E-state index >= 15 is 0 Å². The summed E-state index contributed by atoms with van der Waals surface area (Å²) in [5, 5.41) is 2.83. The van der Waals surface area contributed by atoms with E-state index in [0.717, 1.165) is 0 Å². The topological polar surface area (TPSA) is 80.3 Å². The third-order valence-corrected chi connectivity index (χ3v) is 4.07. The number of rotatable bonds is 6. The number of hydrogen-bond donors (Lipinski definition) is 2. The standard InChI is InChI=1S/C14H17N3O3S/c1-3-20-12-6-4-5-11(9-12)17-21(18,19)13-7-8-14(15-2)16-10-13/h4-10,17H,3H2,1-2H3,(H,15,16). The number of pyridine rings is 1. The number of anilines is 2. The molecule has 1 heterocycles. The Morgan fingerprint density at radius 2 is 2.05 bits per heavy atom. The van der Waals surface area contributed by atoms with Crippen LogP contribution >= 0.6 is 0 Å². The minimum absolute atomic E-state index is 0.100. The number of ether oxygens (including phenoxy) is 1. The molecule has 21 heavy (non-hydrogen) atoms. The van der Waals surface area contributed by atoms with Crippen molar-refractivity contribution in [2.45, 2.75) is 11.8 Å². The lowest BCUT2D eigenvalue weighted by Gasteiger charge is -2.10. The van der Waals surface area contributed by atoms with Crippen LogP contribution < -0.4 is 14.8 Å². The minimum atomic E-state index is -3.67. The highest BCUT2D eigenvalue weighted by atomic mass is 32.2. The average Bonchev–Trinajstić information content (AvgIpc) is 2.47. The summed E-state index contributed by atoms with van der Waals surface area (Å²) in [4.78, 5) is 4.10. The van der Waals surface area contributed by atoms with Gasteiger partial charge in [-0.1, -0.05) is 6.07 Å². The summed E-state index contributed by atoms with van der Waals surface area (Å²) in [5.41, 5.74) is 0.443. The van der Waals surface area contributed by atoms with Crippen LogP contribution in [-0.2, 0) is 10.0 Å². The molecule has 0 amide bonds. The zero-order valence-corrected chi connectivity index (χ0v) is 12.6. The molecule has 112 valence electrons. The van der Waals surface area contributed by atoms with Crippen molar-refractivity contribution in [1.82, 2.24) is 4.98 Å². The van der Waals surface area contributed by atoms with Crippen LogP contribution in [0.5, 0.6) is 5.75 Å². The van der Waals surface area contributed by atoms with Crippen LogP contribution in [0.3, 0.4) is 0 Å². The maximum atomic E-state index is 12.3. The predicted octanol–water partition coefficient (Wildman–Crippen LogP) is 2.32. The quantitative estimate of drug-likeness (QED) is 0.856. The van der Waals surface area contributed by atoms with Gasteiger partial charge in [0.2, 0.25) is 0 Å². The first-order chi connectivity index (χ1) is 10.0. The Labute approximate surface area is 124 Å². The van der Waals surface area contributed by atoms with Crippen molar-refractivity contribution < 1.29 is 13.2 Å². The Balaban J connectivity index is 2.21. The lowest BCUT2D eigenvalue weighted by Crippen LogP contribution is -2.13. The molecule has 0 aliphatic carbocycles. The summed E-state index contributed by atoms with van der Waals surface area (Å²) in [7, 11) is -1.95. The van der Waals surface area contributed by atoms with Crippen LogP contribution in [0.1, 0.15) is 6.92 Å². The highest BCUT2D eigenvalue weighted by Crippen LogP contribution is 2.21. The molecule has 1 aromatic carbocycles. The smallest absolute Gasteiger partial charge is 0.263 e. The lowest BCUT2D eigenvalue weighted by molar-refractivity contribution is 0.340. The second-order valence-corrected chi connectivity index (χ2v) is 5.88. The van der Waals surface area contributed by atoms with Crippen molar-refractivity contribution in [1.29, 1.82) is 0 Å². The Kier molecular flexibility index (Phi) is 4.64. The molecule has 0 aliphatic heterocycles. The molecule has 0 saturated heterocycles. The van der Waals surface area contributed by atoms with Gasteiger partial charge in [-0.25, -0.2) is 13.4 Å². The van der Waals surface area contributed by atoms with Gasteiger partial charge in [-0.15, -0.1) is 0 Å². The van der Waals surface area contributed by atoms with Crippen LogP contribution in [0.4, 0.5) is 11.5 Å². The molecule has 2 rings (SSSR count). The summed E-state index contributed by atoms with van der Waals surface area (Å²) in [5.74, 6) is 1.22. The van der Waals surface area contributed by atoms with Gasteiger partial charge in [-0.2, -0.15) is 0 Å². The van der Waals surface area contributed by atoms with Crippen molar-refractivity contribution in [3.63, 3.8) is 0 Å². The van der Waals surface area contributed by atoms with E-state index in [1.807, 2.05) is 6.92 Å². The SMILES string of the molecule is CCOc1cccc(NS(=O)(=O)c2ccc(NC)nc2)c1. The fourth-order valence-electron chi connectivity index (χ4n) is 1.72. The van der Waals surface area contributed by atoms with Crippen molar-refractivity contribution in [3.05, 3.63) is 42.6 Å². The molecule has 0 unspecified atom stereocenters. The van der Waals surface area contributed by atoms with Crippen LogP contribution in [-0.4, -0.2) is 27.1 Å². The summed E-state index contributed by atoms with van der Waals surface area (Å²) in [6.45, 7) is 2.39. The molecule has 0 spiro atoms. The lowest BCUT2D eigenvalue weighted by atomic mass is 10.3. The van der Waals surface area contributed by atoms with Gasteiger partial charge in [0.05, 0.1) is 12.3 Å². The maximum Gasteiger partial charge on any atom is 0.263 e. The average molecular weight is 307 g/mol. The van der Waals surface area contributed by atoms with Gasteiger partial charge in [0.1, 0.15) is 16.5 Å². The first kappa shape index (κ1) is 15.1. The van der Waals surface area contributed by atoms with Crippen LogP contribution in [0.2, 0.25) is 0 Å². The molecule has 2 N–H and O–H groups in total. The van der Waals surface area contributed by atoms with Gasteiger partial charge in [0.15, 0.2) is 0 Å². The van der Waals surface area contributed by atoms with Gasteiger partial charge in [-0.05, 0) is 31.2 Å². The molecule has 0 radical (unpaired) electrons. The molecular formula is C14H17N3O3S. The van der Waals surface area contributed by atoms with Gasteiger partial charge in [0, 0.05) is 19.3 Å². The molecule has 0 fully saturated rings. The molecule has 7 heteroatoms. The molecule has 2 aromatic rings. The molecule has 0 bridgehead atoms. The number of hydrogen-bond acceptors (Lipinski definition) is 5. The van der Waals surface area contributed by atoms with E-state index in [1.54, 1.807) is 37.4 Å². The van der Waals surface area contributed by atoms with Crippen LogP contribution in [0.15, 0.2) is 47.5 Å². The van der Waals surface area contributed by atoms with E-state index in [9.17, 15) is 8.42 Å². The van der Waals surface area contributed by atoms with E-state index in [1.165, 1.54) is 12.3 Å². The van der Waals surface area contributed by atoms with Crippen molar-refractivity contribution in [2.75, 3.05) is 23.7 Å². The van der Waals surface area contributed by atoms with E-state index in [-0.39, 0.29) is 4.90 Å². The zero-order chi connectivity index (χ0) is 15.3. The number of benzene rings is 1. The molecule has 6 nitrogen and oxygen atoms in total. The highest BCUT2D eigenvalue weighted by molar-refractivity contribution is 7.92. The Morgan fingerprint density at radius 3 is 2.67 bits per heavy atom. The summed E-state index contributed by atoms with van der Waals surface area (Å²) in [6.07, 6.45) is 1.31. The first-order valence-corrected chi connectivity index (χ1v) is 7.93. The van der Waals surface area contributed by atoms with Crippen molar-refractivity contribution >= 4 is 21.5 Å². The molecule has 0 saturated carbocycles. The fourth-order valence-corrected chi connectivity index (χ4v) is 2.71. The highest BCUT2D eigenvalue weighted by Gasteiger charge is 2.14. The van der Waals surface area contributed by atoms with Crippen LogP contribution in [0, 0.1) is 0 Å². The third kappa shape index (κ3) is 3.85. The van der Waals surface area contributed by atoms with Crippen molar-refractivity contribution in [2.24, 2.45) is 0 Å². The van der Waals surface area contributed by atoms with E-state index in [0.29, 0.717) is 23.9 Å². The fraction of sp³-hybridized carbons (Fsp3) is 0.214. The largest absolute Gasteiger partial charge is 0.494 e. The minimum Gasteiger partial charge on any atom is -0.494 e. The zero-order valence-electron chi connectivity index (χ0n) is 11.8. The Hall–Kier alpha value is -2.28. The van der Waals surface area contributed by atoms with E-state index in [4.69, 9.17) is 4.74 Å². The van der Waals surface area contributed by atoms with Gasteiger partial charge < -0.3 is 10.1 Å². The number of sulfonamides is 1. The maximum absolute atomic E-state index is 12.3. The molecular weight excluding hydrogens is 290 g/mol. The predicted molar refractivity (Wildman–Crippen MR) is 82.2 cm³/mol. The van der Waals surface area contributed by atoms with Crippen LogP contribution in [0.25, 0.3) is 0 Å². The monoisotopic (exact) mass is 307 g/mol. The summed E-state index contributed by atoms with van der Waals surface area (Å²) >= 11 is 0. The molecule has 1 aromatic heterocycles. The van der Waals surface area contributed by atoms with Crippen molar-refractivity contribution in [3.8, 4) is 5.75 Å². The third-order valence-electron chi connectivity index (χ3n) is 2.70. The Morgan fingerprint density at radius 1 is 1.24 bits per heavy atom.